The summed E-state index contributed by atoms with van der Waals surface area (Å²) in [5.41, 5.74) is 0. The lowest BCUT2D eigenvalue weighted by Gasteiger charge is -2.35. The summed E-state index contributed by atoms with van der Waals surface area (Å²) in [4.78, 5) is 14.4. The smallest absolute Gasteiger partial charge is 0.317 e. The Hall–Kier alpha value is -1.56. The van der Waals surface area contributed by atoms with Gasteiger partial charge in [-0.1, -0.05) is 19.3 Å². The summed E-state index contributed by atoms with van der Waals surface area (Å²) in [6, 6.07) is 3.51. The molecule has 25 heavy (non-hydrogen) atoms. The number of carbonyl (C=O) groups excluding carboxylic acids is 1. The van der Waals surface area contributed by atoms with Crippen molar-refractivity contribution in [2.24, 2.45) is 0 Å². The molecule has 1 aromatic rings. The second-order valence-corrected chi connectivity index (χ2v) is 7.67. The van der Waals surface area contributed by atoms with E-state index in [1.807, 2.05) is 28.0 Å². The van der Waals surface area contributed by atoms with Crippen LogP contribution in [0.1, 0.15) is 58.3 Å². The molecule has 2 amide bonds. The monoisotopic (exact) mass is 347 g/mol. The number of likely N-dealkylation sites (tertiary alicyclic amines) is 1. The lowest BCUT2D eigenvalue weighted by atomic mass is 9.95. The summed E-state index contributed by atoms with van der Waals surface area (Å²) in [6.07, 6.45) is 13.1. The Labute approximate surface area is 151 Å². The highest BCUT2D eigenvalue weighted by Gasteiger charge is 2.25. The molecule has 0 bridgehead atoms. The summed E-state index contributed by atoms with van der Waals surface area (Å²) in [6.45, 7) is 4.92. The molecule has 1 saturated carbocycles. The van der Waals surface area contributed by atoms with Crippen molar-refractivity contribution in [3.05, 3.63) is 18.5 Å². The Kier molecular flexibility index (Phi) is 6.73. The Morgan fingerprint density at radius 1 is 1.16 bits per heavy atom. The van der Waals surface area contributed by atoms with E-state index in [-0.39, 0.29) is 6.03 Å². The second kappa shape index (κ2) is 9.22. The molecular formula is C19H33N5O. The number of piperidine rings is 1. The van der Waals surface area contributed by atoms with E-state index in [0.717, 1.165) is 51.7 Å². The number of rotatable bonds is 6. The third kappa shape index (κ3) is 5.73. The number of amides is 2. The minimum atomic E-state index is 0.150. The number of hydrogen-bond acceptors (Lipinski definition) is 3. The predicted octanol–water partition coefficient (Wildman–Crippen LogP) is 2.76. The van der Waals surface area contributed by atoms with Gasteiger partial charge in [0.05, 0.1) is 0 Å². The molecule has 3 rings (SSSR count). The van der Waals surface area contributed by atoms with Gasteiger partial charge in [0.2, 0.25) is 0 Å². The van der Waals surface area contributed by atoms with Gasteiger partial charge in [-0.05, 0) is 45.1 Å². The Morgan fingerprint density at radius 3 is 2.60 bits per heavy atom. The van der Waals surface area contributed by atoms with Crippen molar-refractivity contribution in [3.63, 3.8) is 0 Å². The average Bonchev–Trinajstić information content (AvgIpc) is 3.15. The highest BCUT2D eigenvalue weighted by molar-refractivity contribution is 5.74. The summed E-state index contributed by atoms with van der Waals surface area (Å²) >= 11 is 0. The lowest BCUT2D eigenvalue weighted by molar-refractivity contribution is 0.167. The largest absolute Gasteiger partial charge is 0.335 e. The van der Waals surface area contributed by atoms with Crippen LogP contribution in [0.3, 0.4) is 0 Å². The molecular weight excluding hydrogens is 314 g/mol. The molecule has 1 saturated heterocycles. The number of aryl methyl sites for hydroxylation is 1. The molecule has 2 heterocycles. The van der Waals surface area contributed by atoms with Crippen molar-refractivity contribution in [2.75, 3.05) is 13.1 Å². The van der Waals surface area contributed by atoms with E-state index in [1.165, 1.54) is 19.3 Å². The molecule has 6 heteroatoms. The molecule has 1 aliphatic heterocycles. The van der Waals surface area contributed by atoms with Gasteiger partial charge in [-0.25, -0.2) is 4.79 Å². The van der Waals surface area contributed by atoms with Crippen LogP contribution in [0.4, 0.5) is 4.79 Å². The molecule has 0 radical (unpaired) electrons. The molecule has 2 fully saturated rings. The highest BCUT2D eigenvalue weighted by atomic mass is 16.2. The third-order valence-electron chi connectivity index (χ3n) is 5.59. The molecule has 140 valence electrons. The van der Waals surface area contributed by atoms with Crippen LogP contribution in [0.5, 0.6) is 0 Å². The van der Waals surface area contributed by atoms with E-state index < -0.39 is 0 Å². The van der Waals surface area contributed by atoms with Crippen LogP contribution in [0.25, 0.3) is 0 Å². The molecule has 0 spiro atoms. The van der Waals surface area contributed by atoms with E-state index in [1.54, 1.807) is 0 Å². The van der Waals surface area contributed by atoms with Crippen LogP contribution in [0.15, 0.2) is 18.5 Å². The number of nitrogens with zero attached hydrogens (tertiary/aromatic N) is 3. The van der Waals surface area contributed by atoms with Crippen LogP contribution in [-0.4, -0.2) is 51.9 Å². The zero-order valence-electron chi connectivity index (χ0n) is 15.5. The Balaban J connectivity index is 1.32. The van der Waals surface area contributed by atoms with E-state index in [9.17, 15) is 4.79 Å². The van der Waals surface area contributed by atoms with Crippen LogP contribution in [0, 0.1) is 0 Å². The van der Waals surface area contributed by atoms with Crippen molar-refractivity contribution in [3.8, 4) is 0 Å². The van der Waals surface area contributed by atoms with Gasteiger partial charge in [-0.3, -0.25) is 4.68 Å². The van der Waals surface area contributed by atoms with Gasteiger partial charge >= 0.3 is 6.03 Å². The molecule has 1 atom stereocenters. The van der Waals surface area contributed by atoms with Crippen LogP contribution in [-0.2, 0) is 6.54 Å². The lowest BCUT2D eigenvalue weighted by Crippen LogP contribution is -2.51. The molecule has 1 aliphatic carbocycles. The van der Waals surface area contributed by atoms with Gasteiger partial charge in [-0.2, -0.15) is 5.10 Å². The van der Waals surface area contributed by atoms with Gasteiger partial charge in [0, 0.05) is 50.2 Å². The molecule has 2 aliphatic rings. The summed E-state index contributed by atoms with van der Waals surface area (Å²) in [7, 11) is 0. The fourth-order valence-electron chi connectivity index (χ4n) is 4.01. The predicted molar refractivity (Wildman–Crippen MR) is 99.4 cm³/mol. The number of aromatic nitrogens is 2. The van der Waals surface area contributed by atoms with Crippen molar-refractivity contribution < 1.29 is 4.79 Å². The maximum absolute atomic E-state index is 12.4. The van der Waals surface area contributed by atoms with Crippen LogP contribution >= 0.6 is 0 Å². The summed E-state index contributed by atoms with van der Waals surface area (Å²) in [5, 5.41) is 11.2. The maximum Gasteiger partial charge on any atom is 0.317 e. The zero-order chi connectivity index (χ0) is 17.5. The minimum Gasteiger partial charge on any atom is -0.335 e. The van der Waals surface area contributed by atoms with E-state index in [4.69, 9.17) is 0 Å². The number of urea groups is 1. The standard InChI is InChI=1S/C19H33N5O/c1-16(8-15-24-12-5-11-20-24)21-18-9-13-23(14-10-18)19(25)22-17-6-3-2-4-7-17/h5,11-12,16-18,21H,2-4,6-10,13-15H2,1H3,(H,22,25)/t16-/m0/s1. The summed E-state index contributed by atoms with van der Waals surface area (Å²) < 4.78 is 1.98. The van der Waals surface area contributed by atoms with E-state index in [0.29, 0.717) is 18.1 Å². The molecule has 0 aromatic carbocycles. The molecule has 0 unspecified atom stereocenters. The molecule has 6 nitrogen and oxygen atoms in total. The number of carbonyl (C=O) groups is 1. The molecule has 2 N–H and O–H groups in total. The van der Waals surface area contributed by atoms with Gasteiger partial charge in [0.1, 0.15) is 0 Å². The van der Waals surface area contributed by atoms with Crippen molar-refractivity contribution in [1.29, 1.82) is 0 Å². The normalized spacial score (nSPS) is 21.2. The fraction of sp³-hybridized carbons (Fsp3) is 0.789. The summed E-state index contributed by atoms with van der Waals surface area (Å²) in [5.74, 6) is 0. The quantitative estimate of drug-likeness (QED) is 0.832. The van der Waals surface area contributed by atoms with Crippen molar-refractivity contribution in [2.45, 2.75) is 83.0 Å². The second-order valence-electron chi connectivity index (χ2n) is 7.67. The van der Waals surface area contributed by atoms with Gasteiger partial charge < -0.3 is 15.5 Å². The third-order valence-corrected chi connectivity index (χ3v) is 5.59. The Bertz CT molecular complexity index is 504. The average molecular weight is 348 g/mol. The number of hydrogen-bond donors (Lipinski definition) is 2. The van der Waals surface area contributed by atoms with Crippen LogP contribution < -0.4 is 10.6 Å². The topological polar surface area (TPSA) is 62.2 Å². The molecule has 1 aromatic heterocycles. The zero-order valence-corrected chi connectivity index (χ0v) is 15.5. The number of nitrogens with one attached hydrogen (secondary N) is 2. The first-order chi connectivity index (χ1) is 12.2. The van der Waals surface area contributed by atoms with Crippen molar-refractivity contribution in [1.82, 2.24) is 25.3 Å². The first-order valence-corrected chi connectivity index (χ1v) is 9.99. The Morgan fingerprint density at radius 2 is 1.92 bits per heavy atom. The van der Waals surface area contributed by atoms with Gasteiger partial charge in [0.15, 0.2) is 0 Å². The maximum atomic E-state index is 12.4. The minimum absolute atomic E-state index is 0.150. The first kappa shape index (κ1) is 18.2. The van der Waals surface area contributed by atoms with Crippen LogP contribution in [0.2, 0.25) is 0 Å². The fourth-order valence-corrected chi connectivity index (χ4v) is 4.01. The van der Waals surface area contributed by atoms with Gasteiger partial charge in [-0.15, -0.1) is 0 Å². The SMILES string of the molecule is C[C@@H](CCn1cccn1)NC1CCN(C(=O)NC2CCCCC2)CC1. The van der Waals surface area contributed by atoms with E-state index in [2.05, 4.69) is 22.7 Å². The first-order valence-electron chi connectivity index (χ1n) is 9.99. The highest BCUT2D eigenvalue weighted by Crippen LogP contribution is 2.18. The van der Waals surface area contributed by atoms with Gasteiger partial charge in [0.25, 0.3) is 0 Å². The van der Waals surface area contributed by atoms with E-state index >= 15 is 0 Å². The van der Waals surface area contributed by atoms with Crippen molar-refractivity contribution >= 4 is 6.03 Å².